The summed E-state index contributed by atoms with van der Waals surface area (Å²) in [6, 6.07) is 1.78. The Labute approximate surface area is 70.9 Å². The van der Waals surface area contributed by atoms with Crippen LogP contribution in [0.15, 0.2) is 24.9 Å². The lowest BCUT2D eigenvalue weighted by molar-refractivity contribution is 0.0685. The molecule has 0 fully saturated rings. The van der Waals surface area contributed by atoms with E-state index < -0.39 is 5.97 Å². The lowest BCUT2D eigenvalue weighted by atomic mass is 10.3. The van der Waals surface area contributed by atoms with E-state index in [1.807, 2.05) is 0 Å². The number of carboxylic acid groups (broad SMARTS) is 1. The predicted molar refractivity (Wildman–Crippen MR) is 46.3 cm³/mol. The third kappa shape index (κ3) is 1.39. The van der Waals surface area contributed by atoms with E-state index >= 15 is 0 Å². The average Bonchev–Trinajstić information content (AvgIpc) is 2.32. The highest BCUT2D eigenvalue weighted by atomic mass is 16.4. The van der Waals surface area contributed by atoms with Crippen LogP contribution in [0.4, 0.5) is 0 Å². The van der Waals surface area contributed by atoms with Crippen LogP contribution in [0, 0.1) is 6.92 Å². The van der Waals surface area contributed by atoms with Crippen molar-refractivity contribution < 1.29 is 9.90 Å². The molecule has 0 aromatic carbocycles. The van der Waals surface area contributed by atoms with Crippen molar-refractivity contribution in [2.24, 2.45) is 0 Å². The minimum Gasteiger partial charge on any atom is -0.477 e. The molecule has 12 heavy (non-hydrogen) atoms. The largest absolute Gasteiger partial charge is 0.477 e. The number of carboxylic acids is 1. The summed E-state index contributed by atoms with van der Waals surface area (Å²) in [5.74, 6) is -0.889. The molecule has 0 amide bonds. The Balaban J connectivity index is 3.11. The second kappa shape index (κ2) is 3.26. The lowest BCUT2D eigenvalue weighted by Gasteiger charge is -2.02. The van der Waals surface area contributed by atoms with E-state index in [1.165, 1.54) is 0 Å². The highest BCUT2D eigenvalue weighted by molar-refractivity contribution is 5.87. The molecule has 0 aliphatic carbocycles. The zero-order valence-electron chi connectivity index (χ0n) is 6.95. The highest BCUT2D eigenvalue weighted by Crippen LogP contribution is 2.09. The Kier molecular flexibility index (Phi) is 2.33. The van der Waals surface area contributed by atoms with E-state index in [9.17, 15) is 4.79 Å². The summed E-state index contributed by atoms with van der Waals surface area (Å²) in [6.07, 6.45) is 3.42. The minimum atomic E-state index is -0.889. The van der Waals surface area contributed by atoms with Gasteiger partial charge in [-0.05, 0) is 18.6 Å². The highest BCUT2D eigenvalue weighted by Gasteiger charge is 2.11. The number of carbonyl (C=O) groups is 1. The van der Waals surface area contributed by atoms with Crippen LogP contribution in [0.3, 0.4) is 0 Å². The molecule has 0 spiro atoms. The van der Waals surface area contributed by atoms with Gasteiger partial charge in [0.05, 0.1) is 0 Å². The van der Waals surface area contributed by atoms with Crippen molar-refractivity contribution in [2.45, 2.75) is 13.5 Å². The first-order valence-corrected chi connectivity index (χ1v) is 3.66. The van der Waals surface area contributed by atoms with E-state index in [0.29, 0.717) is 12.2 Å². The van der Waals surface area contributed by atoms with Gasteiger partial charge in [-0.1, -0.05) is 6.08 Å². The molecule has 0 atom stereocenters. The van der Waals surface area contributed by atoms with Crippen LogP contribution in [-0.4, -0.2) is 15.6 Å². The first kappa shape index (κ1) is 8.59. The molecule has 1 rings (SSSR count). The van der Waals surface area contributed by atoms with Gasteiger partial charge in [-0.15, -0.1) is 6.58 Å². The lowest BCUT2D eigenvalue weighted by Crippen LogP contribution is -2.07. The van der Waals surface area contributed by atoms with Crippen LogP contribution in [0.2, 0.25) is 0 Å². The van der Waals surface area contributed by atoms with Crippen molar-refractivity contribution >= 4 is 5.97 Å². The predicted octanol–water partition coefficient (Wildman–Crippen LogP) is 1.68. The molecular formula is C9H11NO2. The Morgan fingerprint density at radius 3 is 3.00 bits per heavy atom. The second-order valence-electron chi connectivity index (χ2n) is 2.59. The fourth-order valence-electron chi connectivity index (χ4n) is 1.16. The molecule has 0 radical (unpaired) electrons. The summed E-state index contributed by atoms with van der Waals surface area (Å²) in [6.45, 7) is 5.87. The van der Waals surface area contributed by atoms with Crippen molar-refractivity contribution in [3.8, 4) is 0 Å². The molecule has 0 aliphatic heterocycles. The number of aromatic nitrogens is 1. The number of hydrogen-bond acceptors (Lipinski definition) is 1. The summed E-state index contributed by atoms with van der Waals surface area (Å²) in [4.78, 5) is 10.7. The van der Waals surface area contributed by atoms with E-state index in [4.69, 9.17) is 5.11 Å². The first-order valence-electron chi connectivity index (χ1n) is 3.66. The van der Waals surface area contributed by atoms with Crippen LogP contribution in [-0.2, 0) is 6.54 Å². The molecule has 0 saturated carbocycles. The monoisotopic (exact) mass is 165 g/mol. The molecule has 1 aromatic rings. The van der Waals surface area contributed by atoms with Crippen molar-refractivity contribution in [3.05, 3.63) is 36.2 Å². The van der Waals surface area contributed by atoms with Crippen molar-refractivity contribution in [1.82, 2.24) is 4.57 Å². The average molecular weight is 165 g/mol. The Hall–Kier alpha value is -1.51. The van der Waals surface area contributed by atoms with Gasteiger partial charge in [-0.25, -0.2) is 4.79 Å². The van der Waals surface area contributed by atoms with Gasteiger partial charge < -0.3 is 9.67 Å². The molecule has 0 unspecified atom stereocenters. The third-order valence-electron chi connectivity index (χ3n) is 1.69. The number of rotatable bonds is 3. The molecule has 3 heteroatoms. The number of hydrogen-bond donors (Lipinski definition) is 1. The Morgan fingerprint density at radius 2 is 2.50 bits per heavy atom. The molecular weight excluding hydrogens is 154 g/mol. The normalized spacial score (nSPS) is 9.75. The molecule has 0 bridgehead atoms. The Morgan fingerprint density at radius 1 is 1.83 bits per heavy atom. The van der Waals surface area contributed by atoms with Gasteiger partial charge >= 0.3 is 5.97 Å². The summed E-state index contributed by atoms with van der Waals surface area (Å²) < 4.78 is 1.66. The maximum absolute atomic E-state index is 10.7. The van der Waals surface area contributed by atoms with Crippen molar-refractivity contribution in [2.75, 3.05) is 0 Å². The summed E-state index contributed by atoms with van der Waals surface area (Å²) >= 11 is 0. The van der Waals surface area contributed by atoms with Crippen LogP contribution < -0.4 is 0 Å². The number of aryl methyl sites for hydroxylation is 1. The van der Waals surface area contributed by atoms with E-state index in [1.54, 1.807) is 29.8 Å². The summed E-state index contributed by atoms with van der Waals surface area (Å²) in [5.41, 5.74) is 1.12. The maximum Gasteiger partial charge on any atom is 0.352 e. The number of allylic oxidation sites excluding steroid dienone is 1. The number of nitrogens with zero attached hydrogens (tertiary/aromatic N) is 1. The van der Waals surface area contributed by atoms with E-state index in [0.717, 1.165) is 5.56 Å². The van der Waals surface area contributed by atoms with Gasteiger partial charge in [0.1, 0.15) is 5.69 Å². The third-order valence-corrected chi connectivity index (χ3v) is 1.69. The van der Waals surface area contributed by atoms with Gasteiger partial charge in [0.25, 0.3) is 0 Å². The molecule has 1 N–H and O–H groups in total. The smallest absolute Gasteiger partial charge is 0.352 e. The quantitative estimate of drug-likeness (QED) is 0.692. The van der Waals surface area contributed by atoms with Gasteiger partial charge in [0, 0.05) is 12.7 Å². The van der Waals surface area contributed by atoms with Crippen LogP contribution in [0.25, 0.3) is 0 Å². The number of aromatic carboxylic acids is 1. The van der Waals surface area contributed by atoms with E-state index in [-0.39, 0.29) is 0 Å². The second-order valence-corrected chi connectivity index (χ2v) is 2.59. The summed E-state index contributed by atoms with van der Waals surface area (Å²) in [7, 11) is 0. The van der Waals surface area contributed by atoms with Crippen LogP contribution in [0.1, 0.15) is 16.1 Å². The topological polar surface area (TPSA) is 42.2 Å². The van der Waals surface area contributed by atoms with Gasteiger partial charge in [0.2, 0.25) is 0 Å². The first-order chi connectivity index (χ1) is 5.66. The molecule has 1 aromatic heterocycles. The van der Waals surface area contributed by atoms with Crippen molar-refractivity contribution in [3.63, 3.8) is 0 Å². The fraction of sp³-hybridized carbons (Fsp3) is 0.222. The van der Waals surface area contributed by atoms with Gasteiger partial charge in [-0.3, -0.25) is 0 Å². The molecule has 0 saturated heterocycles. The molecule has 1 heterocycles. The summed E-state index contributed by atoms with van der Waals surface area (Å²) in [5, 5.41) is 8.81. The zero-order chi connectivity index (χ0) is 9.14. The maximum atomic E-state index is 10.7. The Bertz CT molecular complexity index is 312. The van der Waals surface area contributed by atoms with Crippen LogP contribution >= 0.6 is 0 Å². The van der Waals surface area contributed by atoms with Gasteiger partial charge in [-0.2, -0.15) is 0 Å². The molecule has 64 valence electrons. The molecule has 0 aliphatic rings. The van der Waals surface area contributed by atoms with Crippen LogP contribution in [0.5, 0.6) is 0 Å². The van der Waals surface area contributed by atoms with Crippen molar-refractivity contribution in [1.29, 1.82) is 0 Å². The SMILES string of the molecule is C=CCn1ccc(C)c1C(=O)O. The zero-order valence-corrected chi connectivity index (χ0v) is 6.95. The van der Waals surface area contributed by atoms with E-state index in [2.05, 4.69) is 6.58 Å². The minimum absolute atomic E-state index is 0.343. The van der Waals surface area contributed by atoms with Gasteiger partial charge in [0.15, 0.2) is 0 Å². The fourth-order valence-corrected chi connectivity index (χ4v) is 1.16. The standard InChI is InChI=1S/C9H11NO2/c1-3-5-10-6-4-7(2)8(10)9(11)12/h3-4,6H,1,5H2,2H3,(H,11,12). The molecule has 3 nitrogen and oxygen atoms in total.